The third-order valence-corrected chi connectivity index (χ3v) is 4.08. The number of aromatic nitrogens is 1. The van der Waals surface area contributed by atoms with Gasteiger partial charge in [-0.1, -0.05) is 30.3 Å². The lowest BCUT2D eigenvalue weighted by Gasteiger charge is -2.16. The highest BCUT2D eigenvalue weighted by molar-refractivity contribution is 6.07. The number of esters is 1. The van der Waals surface area contributed by atoms with Crippen molar-refractivity contribution in [3.05, 3.63) is 60.3 Å². The largest absolute Gasteiger partial charge is 0.493 e. The number of hydrogen-bond acceptors (Lipinski definition) is 5. The first-order valence-corrected chi connectivity index (χ1v) is 8.09. The molecule has 0 amide bonds. The molecule has 0 aliphatic rings. The van der Waals surface area contributed by atoms with Crippen molar-refractivity contribution in [2.75, 3.05) is 14.2 Å². The summed E-state index contributed by atoms with van der Waals surface area (Å²) in [6, 6.07) is 14.3. The molecular formula is C20H19NO5. The minimum absolute atomic E-state index is 0.303. The molecule has 1 aromatic heterocycles. The molecule has 26 heavy (non-hydrogen) atoms. The van der Waals surface area contributed by atoms with Gasteiger partial charge in [0.1, 0.15) is 0 Å². The van der Waals surface area contributed by atoms with Crippen LogP contribution in [0.2, 0.25) is 0 Å². The Balaban J connectivity index is 1.96. The van der Waals surface area contributed by atoms with Crippen LogP contribution >= 0.6 is 0 Å². The van der Waals surface area contributed by atoms with Gasteiger partial charge in [-0.3, -0.25) is 9.36 Å². The van der Waals surface area contributed by atoms with E-state index in [1.807, 2.05) is 6.07 Å². The second kappa shape index (κ2) is 7.31. The summed E-state index contributed by atoms with van der Waals surface area (Å²) >= 11 is 0. The van der Waals surface area contributed by atoms with Crippen LogP contribution in [0, 0.1) is 0 Å². The SMILES string of the molecule is COC(=O)c1cn(C(=O)[C@@H](C)Oc2ccccc2OC)c2ccccc12. The van der Waals surface area contributed by atoms with Crippen molar-refractivity contribution < 1.29 is 23.8 Å². The minimum atomic E-state index is -0.785. The predicted molar refractivity (Wildman–Crippen MR) is 97.0 cm³/mol. The van der Waals surface area contributed by atoms with E-state index in [1.54, 1.807) is 49.4 Å². The van der Waals surface area contributed by atoms with Crippen molar-refractivity contribution in [1.82, 2.24) is 4.57 Å². The number of rotatable bonds is 5. The lowest BCUT2D eigenvalue weighted by Crippen LogP contribution is -2.29. The molecule has 0 aliphatic heterocycles. The molecule has 3 aromatic rings. The normalized spacial score (nSPS) is 11.8. The molecule has 3 rings (SSSR count). The van der Waals surface area contributed by atoms with Crippen LogP contribution in [0.15, 0.2) is 54.7 Å². The van der Waals surface area contributed by atoms with E-state index in [0.717, 1.165) is 0 Å². The first-order valence-electron chi connectivity index (χ1n) is 8.09. The fourth-order valence-electron chi connectivity index (χ4n) is 2.79. The molecule has 6 nitrogen and oxygen atoms in total. The smallest absolute Gasteiger partial charge is 0.340 e. The molecule has 0 fully saturated rings. The van der Waals surface area contributed by atoms with Crippen molar-refractivity contribution in [3.8, 4) is 11.5 Å². The number of methoxy groups -OCH3 is 2. The monoisotopic (exact) mass is 353 g/mol. The van der Waals surface area contributed by atoms with Gasteiger partial charge in [-0.2, -0.15) is 0 Å². The lowest BCUT2D eigenvalue weighted by molar-refractivity contribution is 0.0602. The van der Waals surface area contributed by atoms with Gasteiger partial charge in [0.15, 0.2) is 17.6 Å². The molecule has 0 spiro atoms. The summed E-state index contributed by atoms with van der Waals surface area (Å²) in [5.74, 6) is 0.216. The third kappa shape index (κ3) is 3.13. The van der Waals surface area contributed by atoms with Gasteiger partial charge in [0.05, 0.1) is 25.3 Å². The summed E-state index contributed by atoms with van der Waals surface area (Å²) in [5.41, 5.74) is 0.953. The van der Waals surface area contributed by atoms with E-state index < -0.39 is 12.1 Å². The highest BCUT2D eigenvalue weighted by Crippen LogP contribution is 2.28. The van der Waals surface area contributed by atoms with Crippen LogP contribution in [-0.2, 0) is 4.74 Å². The molecule has 134 valence electrons. The number of fused-ring (bicyclic) bond motifs is 1. The zero-order valence-corrected chi connectivity index (χ0v) is 14.8. The van der Waals surface area contributed by atoms with Gasteiger partial charge >= 0.3 is 5.97 Å². The van der Waals surface area contributed by atoms with Crippen molar-refractivity contribution in [3.63, 3.8) is 0 Å². The molecule has 0 saturated carbocycles. The molecule has 1 atom stereocenters. The van der Waals surface area contributed by atoms with Crippen LogP contribution in [-0.4, -0.2) is 36.8 Å². The van der Waals surface area contributed by atoms with Crippen LogP contribution in [0.25, 0.3) is 10.9 Å². The van der Waals surface area contributed by atoms with E-state index in [1.165, 1.54) is 25.0 Å². The standard InChI is InChI=1S/C20H19NO5/c1-13(26-18-11-7-6-10-17(18)24-2)19(22)21-12-15(20(23)25-3)14-8-4-5-9-16(14)21/h4-13H,1-3H3/t13-/m1/s1. The second-order valence-corrected chi connectivity index (χ2v) is 5.67. The van der Waals surface area contributed by atoms with Crippen molar-refractivity contribution in [1.29, 1.82) is 0 Å². The van der Waals surface area contributed by atoms with Gasteiger partial charge in [-0.25, -0.2) is 4.79 Å². The van der Waals surface area contributed by atoms with Crippen LogP contribution in [0.3, 0.4) is 0 Å². The zero-order valence-electron chi connectivity index (χ0n) is 14.8. The second-order valence-electron chi connectivity index (χ2n) is 5.67. The van der Waals surface area contributed by atoms with Gasteiger partial charge in [-0.05, 0) is 25.1 Å². The van der Waals surface area contributed by atoms with Gasteiger partial charge in [-0.15, -0.1) is 0 Å². The summed E-state index contributed by atoms with van der Waals surface area (Å²) in [6.45, 7) is 1.65. The molecule has 0 N–H and O–H groups in total. The number of nitrogens with zero attached hydrogens (tertiary/aromatic N) is 1. The molecule has 1 heterocycles. The number of carbonyl (C=O) groups is 2. The summed E-state index contributed by atoms with van der Waals surface area (Å²) in [7, 11) is 2.85. The Hall–Kier alpha value is -3.28. The van der Waals surface area contributed by atoms with Gasteiger partial charge < -0.3 is 14.2 Å². The van der Waals surface area contributed by atoms with E-state index in [9.17, 15) is 9.59 Å². The average molecular weight is 353 g/mol. The average Bonchev–Trinajstić information content (AvgIpc) is 3.06. The van der Waals surface area contributed by atoms with Crippen molar-refractivity contribution in [2.45, 2.75) is 13.0 Å². The van der Waals surface area contributed by atoms with Crippen LogP contribution in [0.4, 0.5) is 0 Å². The first-order chi connectivity index (χ1) is 12.6. The molecule has 0 unspecified atom stereocenters. The van der Waals surface area contributed by atoms with Crippen LogP contribution in [0.5, 0.6) is 11.5 Å². The van der Waals surface area contributed by atoms with Crippen LogP contribution in [0.1, 0.15) is 22.1 Å². The Bertz CT molecular complexity index is 960. The molecule has 2 aromatic carbocycles. The fraction of sp³-hybridized carbons (Fsp3) is 0.200. The fourth-order valence-corrected chi connectivity index (χ4v) is 2.79. The zero-order chi connectivity index (χ0) is 18.7. The highest BCUT2D eigenvalue weighted by atomic mass is 16.5. The Kier molecular flexibility index (Phi) is 4.93. The lowest BCUT2D eigenvalue weighted by atomic mass is 10.2. The number of para-hydroxylation sites is 3. The summed E-state index contributed by atoms with van der Waals surface area (Å²) in [5, 5.41) is 0.650. The summed E-state index contributed by atoms with van der Waals surface area (Å²) < 4.78 is 17.3. The minimum Gasteiger partial charge on any atom is -0.493 e. The molecule has 0 saturated heterocycles. The van der Waals surface area contributed by atoms with E-state index in [-0.39, 0.29) is 5.91 Å². The first kappa shape index (κ1) is 17.5. The summed E-state index contributed by atoms with van der Waals surface area (Å²) in [6.07, 6.45) is 0.702. The third-order valence-electron chi connectivity index (χ3n) is 4.08. The number of carbonyl (C=O) groups excluding carboxylic acids is 2. The molecule has 6 heteroatoms. The number of benzene rings is 2. The quantitative estimate of drug-likeness (QED) is 0.656. The maximum Gasteiger partial charge on any atom is 0.340 e. The molecule has 0 radical (unpaired) electrons. The Morgan fingerprint density at radius 1 is 0.962 bits per heavy atom. The van der Waals surface area contributed by atoms with Crippen LogP contribution < -0.4 is 9.47 Å². The Morgan fingerprint density at radius 3 is 2.31 bits per heavy atom. The predicted octanol–water partition coefficient (Wildman–Crippen LogP) is 3.54. The highest BCUT2D eigenvalue weighted by Gasteiger charge is 2.23. The van der Waals surface area contributed by atoms with Crippen molar-refractivity contribution >= 4 is 22.8 Å². The molecular weight excluding hydrogens is 334 g/mol. The van der Waals surface area contributed by atoms with E-state index in [0.29, 0.717) is 28.0 Å². The molecule has 0 bridgehead atoms. The number of ether oxygens (including phenoxy) is 3. The van der Waals surface area contributed by atoms with Crippen molar-refractivity contribution in [2.24, 2.45) is 0 Å². The Labute approximate surface area is 150 Å². The Morgan fingerprint density at radius 2 is 1.62 bits per heavy atom. The van der Waals surface area contributed by atoms with Gasteiger partial charge in [0, 0.05) is 11.6 Å². The maximum atomic E-state index is 12.9. The van der Waals surface area contributed by atoms with E-state index >= 15 is 0 Å². The van der Waals surface area contributed by atoms with E-state index in [2.05, 4.69) is 0 Å². The van der Waals surface area contributed by atoms with Gasteiger partial charge in [0.25, 0.3) is 5.91 Å². The number of hydrogen-bond donors (Lipinski definition) is 0. The summed E-state index contributed by atoms with van der Waals surface area (Å²) in [4.78, 5) is 24.9. The van der Waals surface area contributed by atoms with Gasteiger partial charge in [0.2, 0.25) is 0 Å². The maximum absolute atomic E-state index is 12.9. The molecule has 0 aliphatic carbocycles. The topological polar surface area (TPSA) is 66.8 Å². The van der Waals surface area contributed by atoms with E-state index in [4.69, 9.17) is 14.2 Å².